The maximum absolute atomic E-state index is 12.9. The van der Waals surface area contributed by atoms with Gasteiger partial charge in [0.1, 0.15) is 5.54 Å². The highest BCUT2D eigenvalue weighted by Crippen LogP contribution is 2.34. The molecule has 0 atom stereocenters. The average Bonchev–Trinajstić information content (AvgIpc) is 2.60. The summed E-state index contributed by atoms with van der Waals surface area (Å²) in [5.74, 6) is -1.51. The van der Waals surface area contributed by atoms with E-state index < -0.39 is 27.4 Å². The molecule has 1 saturated carbocycles. The standard InChI is InChI=1S/C18H26N2O5S/c1-13(2)19-26(24,25)15-9-7-8-14(12-15)16(21)20(3)18(17(22)23)10-5-4-6-11-18/h7-9,12-13,19H,4-6,10-11H2,1-3H3,(H,22,23). The Morgan fingerprint density at radius 2 is 1.81 bits per heavy atom. The van der Waals surface area contributed by atoms with E-state index in [0.717, 1.165) is 19.3 Å². The molecule has 26 heavy (non-hydrogen) atoms. The molecule has 1 aromatic carbocycles. The Morgan fingerprint density at radius 3 is 2.35 bits per heavy atom. The number of carbonyl (C=O) groups excluding carboxylic acids is 1. The smallest absolute Gasteiger partial charge is 0.329 e. The summed E-state index contributed by atoms with van der Waals surface area (Å²) in [5.41, 5.74) is -1.08. The Kier molecular flexibility index (Phi) is 6.08. The van der Waals surface area contributed by atoms with Crippen LogP contribution in [-0.4, -0.2) is 48.9 Å². The summed E-state index contributed by atoms with van der Waals surface area (Å²) in [6.07, 6.45) is 3.24. The molecule has 144 valence electrons. The molecule has 1 amide bonds. The van der Waals surface area contributed by atoms with Gasteiger partial charge in [-0.3, -0.25) is 4.79 Å². The summed E-state index contributed by atoms with van der Waals surface area (Å²) in [6, 6.07) is 5.42. The lowest BCUT2D eigenvalue weighted by Gasteiger charge is -2.41. The van der Waals surface area contributed by atoms with E-state index in [1.165, 1.54) is 36.2 Å². The van der Waals surface area contributed by atoms with Crippen LogP contribution in [0.1, 0.15) is 56.3 Å². The first-order valence-corrected chi connectivity index (χ1v) is 10.2. The van der Waals surface area contributed by atoms with E-state index in [1.54, 1.807) is 13.8 Å². The molecule has 8 heteroatoms. The first-order valence-electron chi connectivity index (χ1n) is 8.74. The number of aliphatic carboxylic acids is 1. The highest BCUT2D eigenvalue weighted by atomic mass is 32.2. The Labute approximate surface area is 154 Å². The fourth-order valence-corrected chi connectivity index (χ4v) is 4.69. The highest BCUT2D eigenvalue weighted by molar-refractivity contribution is 7.89. The molecule has 7 nitrogen and oxygen atoms in total. The number of carboxylic acid groups (broad SMARTS) is 1. The van der Waals surface area contributed by atoms with Crippen LogP contribution in [-0.2, 0) is 14.8 Å². The zero-order valence-electron chi connectivity index (χ0n) is 15.4. The highest BCUT2D eigenvalue weighted by Gasteiger charge is 2.45. The van der Waals surface area contributed by atoms with E-state index in [2.05, 4.69) is 4.72 Å². The summed E-state index contributed by atoms with van der Waals surface area (Å²) >= 11 is 0. The molecule has 1 fully saturated rings. The van der Waals surface area contributed by atoms with E-state index in [9.17, 15) is 23.1 Å². The lowest BCUT2D eigenvalue weighted by atomic mass is 9.80. The molecule has 2 N–H and O–H groups in total. The summed E-state index contributed by atoms with van der Waals surface area (Å²) in [6.45, 7) is 3.42. The fourth-order valence-electron chi connectivity index (χ4n) is 3.39. The van der Waals surface area contributed by atoms with Crippen molar-refractivity contribution in [2.75, 3.05) is 7.05 Å². The van der Waals surface area contributed by atoms with E-state index in [1.807, 2.05) is 0 Å². The Morgan fingerprint density at radius 1 is 1.19 bits per heavy atom. The quantitative estimate of drug-likeness (QED) is 0.785. The van der Waals surface area contributed by atoms with Crippen molar-refractivity contribution in [3.63, 3.8) is 0 Å². The van der Waals surface area contributed by atoms with Crippen LogP contribution in [0.4, 0.5) is 0 Å². The maximum atomic E-state index is 12.9. The average molecular weight is 382 g/mol. The number of hydrogen-bond acceptors (Lipinski definition) is 4. The van der Waals surface area contributed by atoms with Crippen LogP contribution in [0, 0.1) is 0 Å². The van der Waals surface area contributed by atoms with Crippen LogP contribution < -0.4 is 4.72 Å². The molecule has 0 unspecified atom stereocenters. The molecule has 1 aliphatic rings. The van der Waals surface area contributed by atoms with Crippen LogP contribution in [0.3, 0.4) is 0 Å². The molecular formula is C18H26N2O5S. The number of nitrogens with zero attached hydrogens (tertiary/aromatic N) is 1. The first-order chi connectivity index (χ1) is 12.1. The zero-order valence-corrected chi connectivity index (χ0v) is 16.2. The van der Waals surface area contributed by atoms with Gasteiger partial charge >= 0.3 is 5.97 Å². The largest absolute Gasteiger partial charge is 0.479 e. The maximum Gasteiger partial charge on any atom is 0.329 e. The topological polar surface area (TPSA) is 104 Å². The van der Waals surface area contributed by atoms with Gasteiger partial charge in [-0.15, -0.1) is 0 Å². The number of carboxylic acids is 1. The fraction of sp³-hybridized carbons (Fsp3) is 0.556. The number of hydrogen-bond donors (Lipinski definition) is 2. The van der Waals surface area contributed by atoms with Gasteiger partial charge in [-0.1, -0.05) is 25.3 Å². The Balaban J connectivity index is 2.35. The minimum atomic E-state index is -3.73. The lowest BCUT2D eigenvalue weighted by Crippen LogP contribution is -2.56. The third-order valence-corrected chi connectivity index (χ3v) is 6.46. The summed E-state index contributed by atoms with van der Waals surface area (Å²) < 4.78 is 27.1. The van der Waals surface area contributed by atoms with Crippen LogP contribution >= 0.6 is 0 Å². The predicted octanol–water partition coefficient (Wildman–Crippen LogP) is 2.23. The zero-order chi connectivity index (χ0) is 19.5. The van der Waals surface area contributed by atoms with Gasteiger partial charge < -0.3 is 10.0 Å². The van der Waals surface area contributed by atoms with Gasteiger partial charge in [-0.2, -0.15) is 0 Å². The van der Waals surface area contributed by atoms with E-state index in [-0.39, 0.29) is 16.5 Å². The first kappa shape index (κ1) is 20.4. The third-order valence-electron chi connectivity index (χ3n) is 4.81. The molecule has 0 radical (unpaired) electrons. The van der Waals surface area contributed by atoms with Crippen molar-refractivity contribution in [1.82, 2.24) is 9.62 Å². The van der Waals surface area contributed by atoms with Crippen LogP contribution in [0.15, 0.2) is 29.2 Å². The van der Waals surface area contributed by atoms with Crippen molar-refractivity contribution in [1.29, 1.82) is 0 Å². The van der Waals surface area contributed by atoms with Gasteiger partial charge in [0, 0.05) is 18.7 Å². The number of rotatable bonds is 6. The second-order valence-electron chi connectivity index (χ2n) is 7.07. The Hall–Kier alpha value is -1.93. The van der Waals surface area contributed by atoms with Crippen LogP contribution in [0.2, 0.25) is 0 Å². The second-order valence-corrected chi connectivity index (χ2v) is 8.78. The molecule has 0 aromatic heterocycles. The van der Waals surface area contributed by atoms with Crippen molar-refractivity contribution in [3.8, 4) is 0 Å². The molecular weight excluding hydrogens is 356 g/mol. The molecule has 1 aliphatic carbocycles. The van der Waals surface area contributed by atoms with Crippen LogP contribution in [0.5, 0.6) is 0 Å². The third kappa shape index (κ3) is 4.07. The van der Waals surface area contributed by atoms with Gasteiger partial charge in [0.15, 0.2) is 0 Å². The normalized spacial score (nSPS) is 17.1. The molecule has 0 saturated heterocycles. The summed E-state index contributed by atoms with van der Waals surface area (Å²) in [5, 5.41) is 9.74. The van der Waals surface area contributed by atoms with E-state index >= 15 is 0 Å². The van der Waals surface area contributed by atoms with Crippen LogP contribution in [0.25, 0.3) is 0 Å². The number of benzene rings is 1. The van der Waals surface area contributed by atoms with Crippen molar-refractivity contribution in [3.05, 3.63) is 29.8 Å². The monoisotopic (exact) mass is 382 g/mol. The minimum Gasteiger partial charge on any atom is -0.479 e. The number of carbonyl (C=O) groups is 2. The predicted molar refractivity (Wildman–Crippen MR) is 97.4 cm³/mol. The summed E-state index contributed by atoms with van der Waals surface area (Å²) in [7, 11) is -2.25. The Bertz CT molecular complexity index is 783. The molecule has 2 rings (SSSR count). The molecule has 0 aliphatic heterocycles. The number of likely N-dealkylation sites (N-methyl/N-ethyl adjacent to an activating group) is 1. The van der Waals surface area contributed by atoms with Gasteiger partial charge in [0.25, 0.3) is 5.91 Å². The lowest BCUT2D eigenvalue weighted by molar-refractivity contribution is -0.151. The minimum absolute atomic E-state index is 0.0153. The van der Waals surface area contributed by atoms with E-state index in [4.69, 9.17) is 0 Å². The van der Waals surface area contributed by atoms with Gasteiger partial charge in [0.2, 0.25) is 10.0 Å². The number of amides is 1. The van der Waals surface area contributed by atoms with Gasteiger partial charge in [-0.05, 0) is 44.9 Å². The molecule has 0 bridgehead atoms. The number of nitrogens with one attached hydrogen (secondary N) is 1. The van der Waals surface area contributed by atoms with Gasteiger partial charge in [-0.25, -0.2) is 17.9 Å². The number of sulfonamides is 1. The van der Waals surface area contributed by atoms with Gasteiger partial charge in [0.05, 0.1) is 4.90 Å². The molecule has 1 aromatic rings. The van der Waals surface area contributed by atoms with Crippen molar-refractivity contribution in [2.24, 2.45) is 0 Å². The molecule has 0 heterocycles. The van der Waals surface area contributed by atoms with Crippen molar-refractivity contribution in [2.45, 2.75) is 62.4 Å². The summed E-state index contributed by atoms with van der Waals surface area (Å²) in [4.78, 5) is 26.0. The van der Waals surface area contributed by atoms with Crippen molar-refractivity contribution >= 4 is 21.9 Å². The second kappa shape index (κ2) is 7.75. The van der Waals surface area contributed by atoms with Crippen molar-refractivity contribution < 1.29 is 23.1 Å². The van der Waals surface area contributed by atoms with E-state index in [0.29, 0.717) is 12.8 Å². The molecule has 0 spiro atoms. The SMILES string of the molecule is CC(C)NS(=O)(=O)c1cccc(C(=O)N(C)C2(C(=O)O)CCCCC2)c1.